The van der Waals surface area contributed by atoms with Gasteiger partial charge in [-0.1, -0.05) is 25.3 Å². The van der Waals surface area contributed by atoms with Crippen LogP contribution in [0.3, 0.4) is 0 Å². The second-order valence-corrected chi connectivity index (χ2v) is 9.41. The molecule has 0 saturated heterocycles. The fourth-order valence-electron chi connectivity index (χ4n) is 4.68. The second kappa shape index (κ2) is 9.81. The topological polar surface area (TPSA) is 68.6 Å². The molecule has 31 heavy (non-hydrogen) atoms. The minimum atomic E-state index is -0.623. The first kappa shape index (κ1) is 23.3. The number of aromatic nitrogens is 1. The highest BCUT2D eigenvalue weighted by molar-refractivity contribution is 7.12. The SMILES string of the molecule is COC(=O)c1c(C)c(C(=O)C(C)N(CC2CCCCC2)C(=O)c2cccs2)c(C)n1C. The van der Waals surface area contributed by atoms with Gasteiger partial charge >= 0.3 is 5.97 Å². The number of ether oxygens (including phenoxy) is 1. The Morgan fingerprint density at radius 2 is 1.90 bits per heavy atom. The van der Waals surface area contributed by atoms with Crippen LogP contribution in [0.4, 0.5) is 0 Å². The van der Waals surface area contributed by atoms with E-state index in [1.807, 2.05) is 24.4 Å². The first-order valence-corrected chi connectivity index (χ1v) is 11.8. The summed E-state index contributed by atoms with van der Waals surface area (Å²) < 4.78 is 6.61. The smallest absolute Gasteiger partial charge is 0.354 e. The van der Waals surface area contributed by atoms with Gasteiger partial charge in [0.1, 0.15) is 5.69 Å². The quantitative estimate of drug-likeness (QED) is 0.455. The van der Waals surface area contributed by atoms with Gasteiger partial charge in [0.2, 0.25) is 0 Å². The highest BCUT2D eigenvalue weighted by Crippen LogP contribution is 2.29. The lowest BCUT2D eigenvalue weighted by Gasteiger charge is -2.33. The van der Waals surface area contributed by atoms with Crippen LogP contribution in [0.2, 0.25) is 0 Å². The average molecular weight is 445 g/mol. The maximum absolute atomic E-state index is 13.7. The molecule has 1 atom stereocenters. The molecule has 1 aliphatic carbocycles. The van der Waals surface area contributed by atoms with Crippen molar-refractivity contribution in [3.05, 3.63) is 44.9 Å². The van der Waals surface area contributed by atoms with Crippen LogP contribution in [0.25, 0.3) is 0 Å². The van der Waals surface area contributed by atoms with E-state index in [-0.39, 0.29) is 11.7 Å². The van der Waals surface area contributed by atoms with E-state index < -0.39 is 12.0 Å². The lowest BCUT2D eigenvalue weighted by atomic mass is 9.88. The number of ketones is 1. The normalized spacial score (nSPS) is 15.5. The molecular weight excluding hydrogens is 412 g/mol. The Bertz CT molecular complexity index is 955. The van der Waals surface area contributed by atoms with Crippen LogP contribution in [-0.4, -0.2) is 46.8 Å². The van der Waals surface area contributed by atoms with E-state index >= 15 is 0 Å². The highest BCUT2D eigenvalue weighted by Gasteiger charge is 2.34. The van der Waals surface area contributed by atoms with E-state index in [2.05, 4.69) is 0 Å². The van der Waals surface area contributed by atoms with Gasteiger partial charge in [0.05, 0.1) is 18.0 Å². The summed E-state index contributed by atoms with van der Waals surface area (Å²) in [6, 6.07) is 3.05. The van der Waals surface area contributed by atoms with Gasteiger partial charge < -0.3 is 14.2 Å². The van der Waals surface area contributed by atoms with Crippen molar-refractivity contribution in [1.29, 1.82) is 0 Å². The van der Waals surface area contributed by atoms with Crippen molar-refractivity contribution in [3.63, 3.8) is 0 Å². The third-order valence-electron chi connectivity index (χ3n) is 6.58. The van der Waals surface area contributed by atoms with Crippen molar-refractivity contribution in [2.45, 2.75) is 58.9 Å². The number of Topliss-reactive ketones (excluding diaryl/α,β-unsaturated/α-hetero) is 1. The number of thiophene rings is 1. The Balaban J connectivity index is 1.95. The molecule has 0 radical (unpaired) electrons. The number of esters is 1. The number of hydrogen-bond acceptors (Lipinski definition) is 5. The number of rotatable bonds is 7. The zero-order chi connectivity index (χ0) is 22.7. The molecule has 2 aromatic heterocycles. The van der Waals surface area contributed by atoms with Gasteiger partial charge in [-0.25, -0.2) is 4.79 Å². The van der Waals surface area contributed by atoms with E-state index in [1.54, 1.807) is 30.4 Å². The van der Waals surface area contributed by atoms with Gasteiger partial charge in [0, 0.05) is 24.8 Å². The zero-order valence-electron chi connectivity index (χ0n) is 19.1. The standard InChI is InChI=1S/C24H32N2O4S/c1-15-20(16(2)25(4)21(15)24(29)30-5)22(27)17(3)26(14-18-10-7-6-8-11-18)23(28)19-12-9-13-31-19/h9,12-13,17-18H,6-8,10-11,14H2,1-5H3. The fraction of sp³-hybridized carbons (Fsp3) is 0.542. The minimum absolute atomic E-state index is 0.0964. The molecule has 0 bridgehead atoms. The highest BCUT2D eigenvalue weighted by atomic mass is 32.1. The van der Waals surface area contributed by atoms with Gasteiger partial charge in [-0.15, -0.1) is 11.3 Å². The predicted octanol–water partition coefficient (Wildman–Crippen LogP) is 4.78. The number of hydrogen-bond donors (Lipinski definition) is 0. The number of carbonyl (C=O) groups excluding carboxylic acids is 3. The molecular formula is C24H32N2O4S. The molecule has 168 valence electrons. The lowest BCUT2D eigenvalue weighted by molar-refractivity contribution is 0.0580. The molecule has 1 aliphatic rings. The van der Waals surface area contributed by atoms with Gasteiger partial charge in [-0.2, -0.15) is 0 Å². The molecule has 0 aliphatic heterocycles. The number of methoxy groups -OCH3 is 1. The van der Waals surface area contributed by atoms with Crippen LogP contribution < -0.4 is 0 Å². The monoisotopic (exact) mass is 444 g/mol. The van der Waals surface area contributed by atoms with Gasteiger partial charge in [-0.3, -0.25) is 9.59 Å². The second-order valence-electron chi connectivity index (χ2n) is 8.46. The maximum atomic E-state index is 13.7. The zero-order valence-corrected chi connectivity index (χ0v) is 19.9. The number of nitrogens with zero attached hydrogens (tertiary/aromatic N) is 2. The summed E-state index contributed by atoms with van der Waals surface area (Å²) in [5.74, 6) is -0.289. The van der Waals surface area contributed by atoms with Crippen molar-refractivity contribution in [2.24, 2.45) is 13.0 Å². The summed E-state index contributed by atoms with van der Waals surface area (Å²) in [6.07, 6.45) is 5.76. The first-order chi connectivity index (χ1) is 14.8. The molecule has 3 rings (SSSR count). The summed E-state index contributed by atoms with van der Waals surface area (Å²) in [7, 11) is 3.09. The third kappa shape index (κ3) is 4.61. The molecule has 7 heteroatoms. The van der Waals surface area contributed by atoms with Crippen molar-refractivity contribution >= 4 is 29.0 Å². The summed E-state index contributed by atoms with van der Waals surface area (Å²) in [6.45, 7) is 5.98. The van der Waals surface area contributed by atoms with Crippen LogP contribution in [0, 0.1) is 19.8 Å². The molecule has 1 fully saturated rings. The Kier molecular flexibility index (Phi) is 7.36. The van der Waals surface area contributed by atoms with Crippen molar-refractivity contribution in [1.82, 2.24) is 9.47 Å². The third-order valence-corrected chi connectivity index (χ3v) is 7.43. The summed E-state index contributed by atoms with van der Waals surface area (Å²) >= 11 is 1.40. The first-order valence-electron chi connectivity index (χ1n) is 10.9. The Morgan fingerprint density at radius 1 is 1.23 bits per heavy atom. The van der Waals surface area contributed by atoms with Crippen LogP contribution in [0.1, 0.15) is 80.8 Å². The largest absolute Gasteiger partial charge is 0.464 e. The van der Waals surface area contributed by atoms with E-state index in [0.29, 0.717) is 39.9 Å². The van der Waals surface area contributed by atoms with E-state index in [0.717, 1.165) is 12.8 Å². The summed E-state index contributed by atoms with van der Waals surface area (Å²) in [4.78, 5) is 41.7. The minimum Gasteiger partial charge on any atom is -0.464 e. The van der Waals surface area contributed by atoms with Crippen molar-refractivity contribution in [2.75, 3.05) is 13.7 Å². The van der Waals surface area contributed by atoms with Gasteiger partial charge in [0.25, 0.3) is 5.91 Å². The summed E-state index contributed by atoms with van der Waals surface area (Å²) in [5.41, 5.74) is 2.18. The fourth-order valence-corrected chi connectivity index (χ4v) is 5.36. The Morgan fingerprint density at radius 3 is 2.48 bits per heavy atom. The van der Waals surface area contributed by atoms with Crippen LogP contribution in [0.15, 0.2) is 17.5 Å². The van der Waals surface area contributed by atoms with Gasteiger partial charge in [-0.05, 0) is 56.5 Å². The average Bonchev–Trinajstić information content (AvgIpc) is 3.38. The molecule has 2 heterocycles. The summed E-state index contributed by atoms with van der Waals surface area (Å²) in [5, 5.41) is 1.88. The molecule has 0 spiro atoms. The molecule has 1 saturated carbocycles. The Hall–Kier alpha value is -2.41. The van der Waals surface area contributed by atoms with E-state index in [1.165, 1.54) is 37.7 Å². The molecule has 1 unspecified atom stereocenters. The van der Waals surface area contributed by atoms with Crippen molar-refractivity contribution < 1.29 is 19.1 Å². The maximum Gasteiger partial charge on any atom is 0.354 e. The van der Waals surface area contributed by atoms with Gasteiger partial charge in [0.15, 0.2) is 5.78 Å². The number of carbonyl (C=O) groups is 3. The van der Waals surface area contributed by atoms with Crippen LogP contribution >= 0.6 is 11.3 Å². The molecule has 1 amide bonds. The Labute approximate surface area is 188 Å². The lowest BCUT2D eigenvalue weighted by Crippen LogP contribution is -2.46. The van der Waals surface area contributed by atoms with Crippen LogP contribution in [-0.2, 0) is 11.8 Å². The molecule has 0 N–H and O–H groups in total. The van der Waals surface area contributed by atoms with Crippen molar-refractivity contribution in [3.8, 4) is 0 Å². The van der Waals surface area contributed by atoms with Crippen LogP contribution in [0.5, 0.6) is 0 Å². The molecule has 0 aromatic carbocycles. The number of amides is 1. The van der Waals surface area contributed by atoms with E-state index in [4.69, 9.17) is 4.74 Å². The predicted molar refractivity (Wildman–Crippen MR) is 122 cm³/mol. The van der Waals surface area contributed by atoms with E-state index in [9.17, 15) is 14.4 Å². The molecule has 6 nitrogen and oxygen atoms in total. The molecule has 2 aromatic rings.